The summed E-state index contributed by atoms with van der Waals surface area (Å²) in [6, 6.07) is 11.0. The fraction of sp³-hybridized carbons (Fsp3) is 0.407. The number of aromatic hydroxyl groups is 2. The normalized spacial score (nSPS) is 15.1. The van der Waals surface area contributed by atoms with Crippen LogP contribution >= 0.6 is 0 Å². The number of carbonyl (C=O) groups is 10. The van der Waals surface area contributed by atoms with Gasteiger partial charge in [-0.05, 0) is 112 Å². The van der Waals surface area contributed by atoms with E-state index in [-0.39, 0.29) is 82.0 Å². The largest absolute Gasteiger partial charge is 0.508 e. The molecule has 4 atom stereocenters. The number of hydrogen-bond donors (Lipinski definition) is 6. The van der Waals surface area contributed by atoms with Crippen LogP contribution in [0.1, 0.15) is 121 Å². The van der Waals surface area contributed by atoms with Gasteiger partial charge in [0.25, 0.3) is 23.6 Å². The Bertz CT molecular complexity index is 2660. The summed E-state index contributed by atoms with van der Waals surface area (Å²) in [6.45, 7) is 12.9. The van der Waals surface area contributed by atoms with E-state index >= 15 is 0 Å². The quantitative estimate of drug-likeness (QED) is 0.0542. The monoisotopic (exact) mass is 1020 g/mol. The molecule has 4 aromatic rings. The van der Waals surface area contributed by atoms with Gasteiger partial charge in [0.2, 0.25) is 23.6 Å². The Balaban J connectivity index is 1.37. The highest BCUT2D eigenvalue weighted by Gasteiger charge is 2.48. The molecule has 4 aromatic carbocycles. The summed E-state index contributed by atoms with van der Waals surface area (Å²) < 4.78 is 9.77. The van der Waals surface area contributed by atoms with Crippen molar-refractivity contribution in [2.45, 2.75) is 116 Å². The van der Waals surface area contributed by atoms with Gasteiger partial charge in [0.15, 0.2) is 0 Å². The molecule has 0 radical (unpaired) electrons. The molecular weight excluding hydrogens is 957 g/mol. The van der Waals surface area contributed by atoms with Gasteiger partial charge < -0.3 is 41.0 Å². The molecule has 0 saturated carbocycles. The standard InChI is InChI=1S/C54H62N6O14/c1-27(2)23-37(49(69)73-9)55-51(71)53(5,6)57-43(63)39(25-29-11-15-31(61)16-12-29)59-45(65)33-19-21-35-42-36(22-20-34(41(33)42)46(59)66)48(68)60(47(35)67)40(26-30-13-17-32(62)18-14-30)44(64)58-54(7,8)52(72)56-38(24-28(3)4)50(70)74-10/h11-22,27-28,37-40,61-62H,23-26H2,1-10H3,(H,55,71)(H,56,72)(H,57,63)(H,58,64)/t37-,38-,39-,40-/m0/s1. The Kier molecular flexibility index (Phi) is 16.3. The number of amides is 8. The van der Waals surface area contributed by atoms with Crippen LogP contribution in [0.15, 0.2) is 72.8 Å². The number of methoxy groups -OCH3 is 2. The van der Waals surface area contributed by atoms with Crippen LogP contribution in [0.2, 0.25) is 0 Å². The molecule has 20 nitrogen and oxygen atoms in total. The molecule has 392 valence electrons. The van der Waals surface area contributed by atoms with Crippen LogP contribution in [-0.2, 0) is 51.1 Å². The summed E-state index contributed by atoms with van der Waals surface area (Å²) in [4.78, 5) is 143. The molecule has 0 unspecified atom stereocenters. The Labute approximate surface area is 427 Å². The SMILES string of the molecule is COC(=O)[C@H](CC(C)C)NC(=O)C(C)(C)NC(=O)[C@H](Cc1ccc(O)cc1)N1C(=O)c2ccc3c4c(ccc(c24)C1=O)C(=O)N([C@@H](Cc1ccc(O)cc1)C(=O)NC(C)(C)C(=O)N[C@@H](CC(C)C)C(=O)OC)C3=O. The van der Waals surface area contributed by atoms with Gasteiger partial charge in [-0.2, -0.15) is 0 Å². The van der Waals surface area contributed by atoms with Crippen LogP contribution in [0.25, 0.3) is 10.8 Å². The highest BCUT2D eigenvalue weighted by molar-refractivity contribution is 6.34. The highest BCUT2D eigenvalue weighted by atomic mass is 16.5. The van der Waals surface area contributed by atoms with Gasteiger partial charge in [0.1, 0.15) is 46.7 Å². The van der Waals surface area contributed by atoms with Crippen LogP contribution in [0.4, 0.5) is 0 Å². The zero-order chi connectivity index (χ0) is 54.7. The second kappa shape index (κ2) is 21.9. The zero-order valence-corrected chi connectivity index (χ0v) is 42.9. The third-order valence-electron chi connectivity index (χ3n) is 12.9. The molecule has 2 heterocycles. The molecule has 8 amide bonds. The molecule has 20 heteroatoms. The first-order valence-electron chi connectivity index (χ1n) is 24.0. The Hall–Kier alpha value is -8.16. The van der Waals surface area contributed by atoms with Gasteiger partial charge in [0.05, 0.1) is 14.2 Å². The minimum absolute atomic E-state index is 0.0320. The maximum Gasteiger partial charge on any atom is 0.328 e. The summed E-state index contributed by atoms with van der Waals surface area (Å²) in [7, 11) is 2.35. The average Bonchev–Trinajstić information content (AvgIpc) is 3.33. The van der Waals surface area contributed by atoms with Crippen LogP contribution in [-0.4, -0.2) is 129 Å². The zero-order valence-electron chi connectivity index (χ0n) is 42.9. The van der Waals surface area contributed by atoms with Gasteiger partial charge in [-0.1, -0.05) is 52.0 Å². The Morgan fingerprint density at radius 3 is 1.04 bits per heavy atom. The minimum atomic E-state index is -1.74. The van der Waals surface area contributed by atoms with Crippen molar-refractivity contribution >= 4 is 70.0 Å². The van der Waals surface area contributed by atoms with E-state index in [0.29, 0.717) is 11.1 Å². The number of phenolic OH excluding ortho intramolecular Hbond substituents is 2. The van der Waals surface area contributed by atoms with Crippen LogP contribution in [0.3, 0.4) is 0 Å². The lowest BCUT2D eigenvalue weighted by Crippen LogP contribution is -2.63. The second-order valence-electron chi connectivity index (χ2n) is 20.4. The summed E-state index contributed by atoms with van der Waals surface area (Å²) in [6.07, 6.45) is -0.152. The van der Waals surface area contributed by atoms with E-state index < -0.39 is 94.4 Å². The number of nitrogens with one attached hydrogen (secondary N) is 4. The summed E-state index contributed by atoms with van der Waals surface area (Å²) in [5.74, 6) is -8.99. The number of nitrogens with zero attached hydrogens (tertiary/aromatic N) is 2. The predicted molar refractivity (Wildman–Crippen MR) is 267 cm³/mol. The fourth-order valence-electron chi connectivity index (χ4n) is 9.02. The Morgan fingerprint density at radius 2 is 0.784 bits per heavy atom. The van der Waals surface area contributed by atoms with Crippen molar-refractivity contribution in [1.29, 1.82) is 0 Å². The van der Waals surface area contributed by atoms with Crippen LogP contribution < -0.4 is 21.3 Å². The number of rotatable bonds is 20. The molecule has 0 bridgehead atoms. The van der Waals surface area contributed by atoms with E-state index in [1.807, 2.05) is 27.7 Å². The number of esters is 2. The number of benzene rings is 4. The van der Waals surface area contributed by atoms with Gasteiger partial charge in [-0.15, -0.1) is 0 Å². The van der Waals surface area contributed by atoms with Crippen LogP contribution in [0.5, 0.6) is 11.5 Å². The van der Waals surface area contributed by atoms with E-state index in [0.717, 1.165) is 9.80 Å². The fourth-order valence-corrected chi connectivity index (χ4v) is 9.02. The van der Waals surface area contributed by atoms with E-state index in [9.17, 15) is 58.2 Å². The highest BCUT2D eigenvalue weighted by Crippen LogP contribution is 2.40. The van der Waals surface area contributed by atoms with Crippen molar-refractivity contribution in [2.24, 2.45) is 11.8 Å². The second-order valence-corrected chi connectivity index (χ2v) is 20.4. The number of phenols is 2. The molecule has 2 aliphatic heterocycles. The van der Waals surface area contributed by atoms with Crippen molar-refractivity contribution < 1.29 is 67.6 Å². The molecule has 74 heavy (non-hydrogen) atoms. The molecule has 0 spiro atoms. The van der Waals surface area contributed by atoms with E-state index in [4.69, 9.17) is 9.47 Å². The third-order valence-corrected chi connectivity index (χ3v) is 12.9. The summed E-state index contributed by atoms with van der Waals surface area (Å²) >= 11 is 0. The smallest absolute Gasteiger partial charge is 0.328 e. The van der Waals surface area contributed by atoms with Crippen molar-refractivity contribution in [1.82, 2.24) is 31.1 Å². The molecule has 2 aliphatic rings. The maximum atomic E-state index is 14.8. The molecular formula is C54H62N6O14. The number of hydrogen-bond acceptors (Lipinski definition) is 14. The first-order chi connectivity index (χ1) is 34.7. The van der Waals surface area contributed by atoms with Crippen molar-refractivity contribution in [3.05, 3.63) is 106 Å². The molecule has 0 fully saturated rings. The number of carbonyl (C=O) groups excluding carboxylic acids is 10. The first-order valence-corrected chi connectivity index (χ1v) is 24.0. The molecule has 6 N–H and O–H groups in total. The molecule has 0 saturated heterocycles. The summed E-state index contributed by atoms with van der Waals surface area (Å²) in [5, 5.41) is 30.5. The van der Waals surface area contributed by atoms with Crippen molar-refractivity contribution in [3.8, 4) is 11.5 Å². The molecule has 0 aliphatic carbocycles. The lowest BCUT2D eigenvalue weighted by molar-refractivity contribution is -0.147. The van der Waals surface area contributed by atoms with Crippen molar-refractivity contribution in [2.75, 3.05) is 14.2 Å². The predicted octanol–water partition coefficient (Wildman–Crippen LogP) is 3.86. The lowest BCUT2D eigenvalue weighted by atomic mass is 9.84. The number of imide groups is 2. The Morgan fingerprint density at radius 1 is 0.500 bits per heavy atom. The van der Waals surface area contributed by atoms with Gasteiger partial charge >= 0.3 is 11.9 Å². The van der Waals surface area contributed by atoms with E-state index in [1.54, 1.807) is 0 Å². The van der Waals surface area contributed by atoms with E-state index in [1.165, 1.54) is 115 Å². The van der Waals surface area contributed by atoms with Gasteiger partial charge in [-0.25, -0.2) is 9.59 Å². The summed E-state index contributed by atoms with van der Waals surface area (Å²) in [5.41, 5.74) is -3.27. The lowest BCUT2D eigenvalue weighted by Gasteiger charge is -2.38. The first kappa shape index (κ1) is 55.2. The third kappa shape index (κ3) is 11.5. The topological polar surface area (TPSA) is 284 Å². The van der Waals surface area contributed by atoms with Crippen molar-refractivity contribution in [3.63, 3.8) is 0 Å². The maximum absolute atomic E-state index is 14.8. The van der Waals surface area contributed by atoms with Gasteiger partial charge in [-0.3, -0.25) is 48.2 Å². The number of ether oxygens (including phenoxy) is 2. The average molecular weight is 1020 g/mol. The minimum Gasteiger partial charge on any atom is -0.508 e. The van der Waals surface area contributed by atoms with Crippen LogP contribution in [0, 0.1) is 11.8 Å². The van der Waals surface area contributed by atoms with E-state index in [2.05, 4.69) is 21.3 Å². The molecule has 0 aromatic heterocycles. The van der Waals surface area contributed by atoms with Gasteiger partial charge in [0, 0.05) is 45.9 Å². The molecule has 6 rings (SSSR count).